The van der Waals surface area contributed by atoms with Crippen LogP contribution in [0, 0.1) is 0 Å². The van der Waals surface area contributed by atoms with Gasteiger partial charge in [-0.1, -0.05) is 24.8 Å². The van der Waals surface area contributed by atoms with Crippen molar-refractivity contribution in [3.05, 3.63) is 42.5 Å². The molecule has 1 atom stereocenters. The van der Waals surface area contributed by atoms with Gasteiger partial charge in [0.25, 0.3) is 0 Å². The number of nitrogens with one attached hydrogen (secondary N) is 1. The molecular weight excluding hydrogens is 174 g/mol. The van der Waals surface area contributed by atoms with Gasteiger partial charge in [-0.15, -0.1) is 0 Å². The van der Waals surface area contributed by atoms with E-state index in [1.165, 1.54) is 12.0 Å². The van der Waals surface area contributed by atoms with E-state index < -0.39 is 0 Å². The molecular formula is C12H15NO. The van der Waals surface area contributed by atoms with Gasteiger partial charge in [0.2, 0.25) is 0 Å². The first-order chi connectivity index (χ1) is 6.90. The van der Waals surface area contributed by atoms with Crippen LogP contribution >= 0.6 is 0 Å². The van der Waals surface area contributed by atoms with Crippen molar-refractivity contribution in [2.75, 3.05) is 13.2 Å². The SMILES string of the molecule is C=CCOc1ccc([C@@H]2CCN2)cc1. The number of ether oxygens (including phenoxy) is 1. The van der Waals surface area contributed by atoms with Gasteiger partial charge in [0.05, 0.1) is 0 Å². The van der Waals surface area contributed by atoms with E-state index in [1.807, 2.05) is 12.1 Å². The van der Waals surface area contributed by atoms with E-state index in [2.05, 4.69) is 24.0 Å². The van der Waals surface area contributed by atoms with Crippen LogP contribution in [0.1, 0.15) is 18.0 Å². The summed E-state index contributed by atoms with van der Waals surface area (Å²) in [6.45, 7) is 5.32. The smallest absolute Gasteiger partial charge is 0.119 e. The molecule has 0 saturated carbocycles. The molecule has 2 nitrogen and oxygen atoms in total. The standard InChI is InChI=1S/C12H15NO/c1-2-9-14-11-5-3-10(4-6-11)12-7-8-13-12/h2-6,12-13H,1,7-9H2/t12-/m0/s1. The topological polar surface area (TPSA) is 21.3 Å². The number of hydrogen-bond acceptors (Lipinski definition) is 2. The number of hydrogen-bond donors (Lipinski definition) is 1. The lowest BCUT2D eigenvalue weighted by molar-refractivity contribution is 0.361. The largest absolute Gasteiger partial charge is 0.490 e. The summed E-state index contributed by atoms with van der Waals surface area (Å²) in [5.41, 5.74) is 1.35. The van der Waals surface area contributed by atoms with Crippen molar-refractivity contribution >= 4 is 0 Å². The predicted octanol–water partition coefficient (Wildman–Crippen LogP) is 2.29. The molecule has 1 aromatic carbocycles. The summed E-state index contributed by atoms with van der Waals surface area (Å²) in [6, 6.07) is 8.82. The molecule has 1 aromatic rings. The molecule has 0 unspecified atom stereocenters. The summed E-state index contributed by atoms with van der Waals surface area (Å²) >= 11 is 0. The maximum atomic E-state index is 5.40. The molecule has 0 radical (unpaired) electrons. The zero-order valence-electron chi connectivity index (χ0n) is 8.20. The fourth-order valence-corrected chi connectivity index (χ4v) is 1.52. The van der Waals surface area contributed by atoms with E-state index in [0.717, 1.165) is 12.3 Å². The van der Waals surface area contributed by atoms with Crippen molar-refractivity contribution in [1.82, 2.24) is 5.32 Å². The molecule has 0 spiro atoms. The second kappa shape index (κ2) is 4.29. The molecule has 2 heteroatoms. The van der Waals surface area contributed by atoms with Crippen LogP contribution in [0.25, 0.3) is 0 Å². The molecule has 14 heavy (non-hydrogen) atoms. The highest BCUT2D eigenvalue weighted by Crippen LogP contribution is 2.24. The number of rotatable bonds is 4. The van der Waals surface area contributed by atoms with Crippen molar-refractivity contribution in [2.24, 2.45) is 0 Å². The molecule has 0 amide bonds. The van der Waals surface area contributed by atoms with Crippen molar-refractivity contribution in [1.29, 1.82) is 0 Å². The summed E-state index contributed by atoms with van der Waals surface area (Å²) < 4.78 is 5.40. The average molecular weight is 189 g/mol. The highest BCUT2D eigenvalue weighted by Gasteiger charge is 2.17. The lowest BCUT2D eigenvalue weighted by atomic mass is 9.98. The van der Waals surface area contributed by atoms with Crippen molar-refractivity contribution in [3.8, 4) is 5.75 Å². The molecule has 0 aliphatic carbocycles. The summed E-state index contributed by atoms with van der Waals surface area (Å²) in [7, 11) is 0. The lowest BCUT2D eigenvalue weighted by Gasteiger charge is -2.28. The first-order valence-corrected chi connectivity index (χ1v) is 4.97. The first-order valence-electron chi connectivity index (χ1n) is 4.97. The first kappa shape index (κ1) is 9.28. The second-order valence-electron chi connectivity index (χ2n) is 3.46. The van der Waals surface area contributed by atoms with E-state index >= 15 is 0 Å². The molecule has 74 valence electrons. The predicted molar refractivity (Wildman–Crippen MR) is 57.5 cm³/mol. The zero-order valence-corrected chi connectivity index (χ0v) is 8.20. The Morgan fingerprint density at radius 1 is 1.43 bits per heavy atom. The van der Waals surface area contributed by atoms with E-state index in [1.54, 1.807) is 6.08 Å². The zero-order chi connectivity index (χ0) is 9.80. The minimum atomic E-state index is 0.559. The van der Waals surface area contributed by atoms with Crippen LogP contribution in [0.5, 0.6) is 5.75 Å². The minimum absolute atomic E-state index is 0.559. The van der Waals surface area contributed by atoms with Crippen molar-refractivity contribution in [2.45, 2.75) is 12.5 Å². The molecule has 1 heterocycles. The summed E-state index contributed by atoms with van der Waals surface area (Å²) in [5, 5.41) is 3.37. The molecule has 2 rings (SSSR count). The van der Waals surface area contributed by atoms with Crippen LogP contribution in [0.2, 0.25) is 0 Å². The van der Waals surface area contributed by atoms with E-state index in [0.29, 0.717) is 12.6 Å². The van der Waals surface area contributed by atoms with Crippen LogP contribution in [0.15, 0.2) is 36.9 Å². The van der Waals surface area contributed by atoms with Crippen molar-refractivity contribution in [3.63, 3.8) is 0 Å². The molecule has 0 bridgehead atoms. The third-order valence-electron chi connectivity index (χ3n) is 2.47. The quantitative estimate of drug-likeness (QED) is 0.734. The van der Waals surface area contributed by atoms with Crippen molar-refractivity contribution < 1.29 is 4.74 Å². The van der Waals surface area contributed by atoms with Gasteiger partial charge >= 0.3 is 0 Å². The van der Waals surface area contributed by atoms with Gasteiger partial charge in [0.1, 0.15) is 12.4 Å². The van der Waals surface area contributed by atoms with Gasteiger partial charge in [-0.05, 0) is 30.7 Å². The van der Waals surface area contributed by atoms with Gasteiger partial charge < -0.3 is 10.1 Å². The lowest BCUT2D eigenvalue weighted by Crippen LogP contribution is -2.34. The minimum Gasteiger partial charge on any atom is -0.490 e. The summed E-state index contributed by atoms with van der Waals surface area (Å²) in [4.78, 5) is 0. The summed E-state index contributed by atoms with van der Waals surface area (Å²) in [5.74, 6) is 0.910. The monoisotopic (exact) mass is 189 g/mol. The van der Waals surface area contributed by atoms with E-state index in [9.17, 15) is 0 Å². The van der Waals surface area contributed by atoms with Crippen LogP contribution in [-0.4, -0.2) is 13.2 Å². The Balaban J connectivity index is 1.98. The van der Waals surface area contributed by atoms with Gasteiger partial charge in [-0.3, -0.25) is 0 Å². The fourth-order valence-electron chi connectivity index (χ4n) is 1.52. The van der Waals surface area contributed by atoms with Gasteiger partial charge in [0.15, 0.2) is 0 Å². The molecule has 1 aliphatic heterocycles. The maximum absolute atomic E-state index is 5.40. The Hall–Kier alpha value is -1.28. The third-order valence-corrected chi connectivity index (χ3v) is 2.47. The van der Waals surface area contributed by atoms with E-state index in [4.69, 9.17) is 4.74 Å². The Morgan fingerprint density at radius 2 is 2.14 bits per heavy atom. The average Bonchev–Trinajstić information content (AvgIpc) is 2.14. The van der Waals surface area contributed by atoms with Gasteiger partial charge in [0, 0.05) is 6.04 Å². The fraction of sp³-hybridized carbons (Fsp3) is 0.333. The maximum Gasteiger partial charge on any atom is 0.119 e. The van der Waals surface area contributed by atoms with Crippen LogP contribution in [0.4, 0.5) is 0 Å². The molecule has 1 aliphatic rings. The Kier molecular flexibility index (Phi) is 2.84. The Bertz CT molecular complexity index is 301. The molecule has 1 fully saturated rings. The van der Waals surface area contributed by atoms with Crippen LogP contribution < -0.4 is 10.1 Å². The Labute approximate surface area is 84.6 Å². The molecule has 0 aromatic heterocycles. The normalized spacial score (nSPS) is 19.9. The van der Waals surface area contributed by atoms with Crippen LogP contribution in [0.3, 0.4) is 0 Å². The Morgan fingerprint density at radius 3 is 2.64 bits per heavy atom. The number of benzene rings is 1. The molecule has 1 N–H and O–H groups in total. The third kappa shape index (κ3) is 1.96. The molecule has 1 saturated heterocycles. The van der Waals surface area contributed by atoms with Gasteiger partial charge in [-0.25, -0.2) is 0 Å². The van der Waals surface area contributed by atoms with Gasteiger partial charge in [-0.2, -0.15) is 0 Å². The highest BCUT2D eigenvalue weighted by atomic mass is 16.5. The highest BCUT2D eigenvalue weighted by molar-refractivity contribution is 5.30. The van der Waals surface area contributed by atoms with Crippen LogP contribution in [-0.2, 0) is 0 Å². The van der Waals surface area contributed by atoms with E-state index in [-0.39, 0.29) is 0 Å². The summed E-state index contributed by atoms with van der Waals surface area (Å²) in [6.07, 6.45) is 2.99. The second-order valence-corrected chi connectivity index (χ2v) is 3.46.